The van der Waals surface area contributed by atoms with Crippen LogP contribution in [0.15, 0.2) is 11.6 Å². The largest absolute Gasteiger partial charge is 0.462 e. The third-order valence-corrected chi connectivity index (χ3v) is 13.4. The molecule has 0 saturated heterocycles. The number of hydrogen-bond donors (Lipinski definition) is 0. The van der Waals surface area contributed by atoms with Crippen LogP contribution >= 0.6 is 0 Å². The first-order chi connectivity index (χ1) is 16.7. The highest BCUT2D eigenvalue weighted by atomic mass is 16.5. The summed E-state index contributed by atoms with van der Waals surface area (Å²) in [5, 5.41) is 0. The first kappa shape index (κ1) is 26.2. The fraction of sp³-hybridized carbons (Fsp3) is 0.844. The standard InChI is InChI=1S/C32H48O4/c1-19-20(2)27-22-9-10-25-29(6)13-12-26(35)28(4,5)24(29)11-14-31(25,8)30(22,7)15-16-32(27,18-33)17-23(19)36-21(3)34/h9,18-20,23-25,27H,10-17H2,1-8H3/t19-,20-,23-,24-,25+,27-,29-,30+,31+,32-/m0/s1. The molecular formula is C32H48O4. The molecule has 4 heteroatoms. The van der Waals surface area contributed by atoms with Crippen LogP contribution in [0.1, 0.15) is 107 Å². The summed E-state index contributed by atoms with van der Waals surface area (Å²) in [4.78, 5) is 37.7. The predicted molar refractivity (Wildman–Crippen MR) is 141 cm³/mol. The fourth-order valence-electron chi connectivity index (χ4n) is 11.0. The van der Waals surface area contributed by atoms with Crippen molar-refractivity contribution in [3.05, 3.63) is 11.6 Å². The van der Waals surface area contributed by atoms with E-state index in [2.05, 4.69) is 54.5 Å². The van der Waals surface area contributed by atoms with Crippen molar-refractivity contribution in [2.24, 2.45) is 56.7 Å². The quantitative estimate of drug-likeness (QED) is 0.236. The molecule has 0 radical (unpaired) electrons. The first-order valence-electron chi connectivity index (χ1n) is 14.6. The zero-order chi connectivity index (χ0) is 26.5. The number of ketones is 1. The molecule has 5 aliphatic carbocycles. The van der Waals surface area contributed by atoms with Gasteiger partial charge in [0.05, 0.1) is 0 Å². The molecular weight excluding hydrogens is 448 g/mol. The van der Waals surface area contributed by atoms with Crippen molar-refractivity contribution in [1.82, 2.24) is 0 Å². The van der Waals surface area contributed by atoms with E-state index in [1.54, 1.807) is 0 Å². The van der Waals surface area contributed by atoms with Crippen molar-refractivity contribution in [3.8, 4) is 0 Å². The summed E-state index contributed by atoms with van der Waals surface area (Å²) in [5.41, 5.74) is 1.21. The van der Waals surface area contributed by atoms with E-state index < -0.39 is 5.41 Å². The van der Waals surface area contributed by atoms with Crippen molar-refractivity contribution in [3.63, 3.8) is 0 Å². The summed E-state index contributed by atoms with van der Waals surface area (Å²) >= 11 is 0. The minimum absolute atomic E-state index is 0.0505. The lowest BCUT2D eigenvalue weighted by Crippen LogP contribution is -2.65. The molecule has 0 aromatic carbocycles. The third-order valence-electron chi connectivity index (χ3n) is 13.4. The smallest absolute Gasteiger partial charge is 0.302 e. The maximum atomic E-state index is 13.0. The Kier molecular flexibility index (Phi) is 5.83. The molecule has 5 aliphatic rings. The van der Waals surface area contributed by atoms with Crippen LogP contribution in [0.4, 0.5) is 0 Å². The highest BCUT2D eigenvalue weighted by Gasteiger charge is 2.69. The maximum Gasteiger partial charge on any atom is 0.302 e. The number of rotatable bonds is 2. The van der Waals surface area contributed by atoms with Gasteiger partial charge in [-0.25, -0.2) is 0 Å². The molecule has 0 N–H and O–H groups in total. The van der Waals surface area contributed by atoms with Gasteiger partial charge in [-0.15, -0.1) is 0 Å². The minimum atomic E-state index is -0.444. The Balaban J connectivity index is 1.57. The molecule has 4 nitrogen and oxygen atoms in total. The Hall–Kier alpha value is -1.45. The number of hydrogen-bond acceptors (Lipinski definition) is 4. The molecule has 200 valence electrons. The number of aldehydes is 1. The van der Waals surface area contributed by atoms with Gasteiger partial charge in [-0.3, -0.25) is 9.59 Å². The van der Waals surface area contributed by atoms with Gasteiger partial charge in [0, 0.05) is 24.2 Å². The summed E-state index contributed by atoms with van der Waals surface area (Å²) in [6.45, 7) is 18.0. The van der Waals surface area contributed by atoms with Gasteiger partial charge in [0.25, 0.3) is 0 Å². The van der Waals surface area contributed by atoms with Gasteiger partial charge in [-0.05, 0) is 90.8 Å². The number of carbonyl (C=O) groups is 3. The van der Waals surface area contributed by atoms with Crippen LogP contribution in [0.2, 0.25) is 0 Å². The van der Waals surface area contributed by atoms with Crippen molar-refractivity contribution < 1.29 is 19.1 Å². The summed E-state index contributed by atoms with van der Waals surface area (Å²) in [5.74, 6) is 1.91. The third kappa shape index (κ3) is 3.14. The lowest BCUT2D eigenvalue weighted by Gasteiger charge is -2.71. The molecule has 5 rings (SSSR count). The number of Topliss-reactive ketones (excluding diaryl/α,β-unsaturated/α-hetero) is 1. The van der Waals surface area contributed by atoms with Crippen LogP contribution in [0, 0.1) is 56.7 Å². The van der Waals surface area contributed by atoms with E-state index in [-0.39, 0.29) is 51.5 Å². The van der Waals surface area contributed by atoms with Crippen LogP contribution in [-0.2, 0) is 19.1 Å². The highest BCUT2D eigenvalue weighted by Crippen LogP contribution is 2.75. The van der Waals surface area contributed by atoms with Crippen LogP contribution in [0.5, 0.6) is 0 Å². The van der Waals surface area contributed by atoms with E-state index >= 15 is 0 Å². The van der Waals surface area contributed by atoms with Gasteiger partial charge < -0.3 is 9.53 Å². The van der Waals surface area contributed by atoms with Crippen LogP contribution in [-0.4, -0.2) is 24.1 Å². The zero-order valence-electron chi connectivity index (χ0n) is 23.9. The van der Waals surface area contributed by atoms with Gasteiger partial charge in [0.2, 0.25) is 0 Å². The molecule has 0 heterocycles. The molecule has 0 bridgehead atoms. The van der Waals surface area contributed by atoms with E-state index in [0.29, 0.717) is 30.5 Å². The normalized spacial score (nSPS) is 51.6. The Bertz CT molecular complexity index is 1010. The lowest BCUT2D eigenvalue weighted by molar-refractivity contribution is -0.191. The number of fused-ring (bicyclic) bond motifs is 7. The lowest BCUT2D eigenvalue weighted by atomic mass is 9.33. The Morgan fingerprint density at radius 2 is 1.69 bits per heavy atom. The van der Waals surface area contributed by atoms with Gasteiger partial charge in [-0.2, -0.15) is 0 Å². The number of carbonyl (C=O) groups excluding carboxylic acids is 3. The van der Waals surface area contributed by atoms with Gasteiger partial charge in [0.15, 0.2) is 0 Å². The topological polar surface area (TPSA) is 60.4 Å². The van der Waals surface area contributed by atoms with Gasteiger partial charge >= 0.3 is 5.97 Å². The number of esters is 1. The van der Waals surface area contributed by atoms with Crippen molar-refractivity contribution in [2.45, 2.75) is 113 Å². The minimum Gasteiger partial charge on any atom is -0.462 e. The maximum absolute atomic E-state index is 13.0. The van der Waals surface area contributed by atoms with Crippen LogP contribution < -0.4 is 0 Å². The van der Waals surface area contributed by atoms with Crippen LogP contribution in [0.3, 0.4) is 0 Å². The molecule has 0 amide bonds. The van der Waals surface area contributed by atoms with Gasteiger partial charge in [-0.1, -0.05) is 60.1 Å². The van der Waals surface area contributed by atoms with Crippen molar-refractivity contribution in [1.29, 1.82) is 0 Å². The van der Waals surface area contributed by atoms with Gasteiger partial charge in [0.1, 0.15) is 18.2 Å². The first-order valence-corrected chi connectivity index (χ1v) is 14.6. The van der Waals surface area contributed by atoms with E-state index in [9.17, 15) is 14.4 Å². The predicted octanol–water partition coefficient (Wildman–Crippen LogP) is 6.95. The second-order valence-electron chi connectivity index (χ2n) is 14.8. The Labute approximate surface area is 218 Å². The molecule has 0 aromatic heterocycles. The van der Waals surface area contributed by atoms with Crippen LogP contribution in [0.25, 0.3) is 0 Å². The molecule has 0 aromatic rings. The second kappa shape index (κ2) is 8.03. The zero-order valence-corrected chi connectivity index (χ0v) is 23.9. The average molecular weight is 497 g/mol. The van der Waals surface area contributed by atoms with E-state index in [1.165, 1.54) is 18.8 Å². The molecule has 0 spiro atoms. The molecule has 10 atom stereocenters. The summed E-state index contributed by atoms with van der Waals surface area (Å²) in [6, 6.07) is 0. The van der Waals surface area contributed by atoms with E-state index in [0.717, 1.165) is 38.5 Å². The van der Waals surface area contributed by atoms with E-state index in [1.807, 2.05) is 0 Å². The Morgan fingerprint density at radius 3 is 2.33 bits per heavy atom. The Morgan fingerprint density at radius 1 is 1.00 bits per heavy atom. The summed E-state index contributed by atoms with van der Waals surface area (Å²) < 4.78 is 5.77. The number of ether oxygens (including phenoxy) is 1. The molecule has 4 saturated carbocycles. The monoisotopic (exact) mass is 496 g/mol. The summed E-state index contributed by atoms with van der Waals surface area (Å²) in [6.07, 6.45) is 11.2. The number of allylic oxidation sites excluding steroid dienone is 2. The second-order valence-corrected chi connectivity index (χ2v) is 14.8. The van der Waals surface area contributed by atoms with Crippen molar-refractivity contribution >= 4 is 18.0 Å². The average Bonchev–Trinajstić information content (AvgIpc) is 2.80. The molecule has 0 aliphatic heterocycles. The fourth-order valence-corrected chi connectivity index (χ4v) is 11.0. The molecule has 0 unspecified atom stereocenters. The molecule has 36 heavy (non-hydrogen) atoms. The highest BCUT2D eigenvalue weighted by molar-refractivity contribution is 5.85. The van der Waals surface area contributed by atoms with Crippen molar-refractivity contribution in [2.75, 3.05) is 0 Å². The molecule has 4 fully saturated rings. The van der Waals surface area contributed by atoms with E-state index in [4.69, 9.17) is 4.74 Å². The summed E-state index contributed by atoms with van der Waals surface area (Å²) in [7, 11) is 0. The SMILES string of the molecule is CC(=O)O[C@H]1C[C@]2(C=O)CC[C@]3(C)C(=CC[C@@H]4[C@@]5(C)CCC(=O)C(C)(C)[C@@H]5CC[C@]43C)[C@@H]2[C@@H](C)[C@@H]1C.